The molecule has 0 radical (unpaired) electrons. The Kier molecular flexibility index (Phi) is 8.05. The first-order valence-electron chi connectivity index (χ1n) is 10.3. The predicted molar refractivity (Wildman–Crippen MR) is 124 cm³/mol. The van der Waals surface area contributed by atoms with Crippen molar-refractivity contribution in [2.75, 3.05) is 30.3 Å². The zero-order chi connectivity index (χ0) is 21.9. The summed E-state index contributed by atoms with van der Waals surface area (Å²) in [6.07, 6.45) is 0.843. The van der Waals surface area contributed by atoms with E-state index in [-0.39, 0.29) is 18.4 Å². The second-order valence-electron chi connectivity index (χ2n) is 6.95. The molecule has 0 aliphatic heterocycles. The van der Waals surface area contributed by atoms with E-state index in [0.717, 1.165) is 17.9 Å². The van der Waals surface area contributed by atoms with E-state index in [1.54, 1.807) is 24.3 Å². The third kappa shape index (κ3) is 7.19. The summed E-state index contributed by atoms with van der Waals surface area (Å²) >= 11 is 0. The Balaban J connectivity index is 1.40. The Morgan fingerprint density at radius 3 is 2.19 bits per heavy atom. The number of anilines is 2. The lowest BCUT2D eigenvalue weighted by atomic mass is 10.2. The normalized spacial score (nSPS) is 10.2. The zero-order valence-corrected chi connectivity index (χ0v) is 17.6. The predicted octanol–water partition coefficient (Wildman–Crippen LogP) is 4.11. The van der Waals surface area contributed by atoms with Gasteiger partial charge in [0.25, 0.3) is 5.91 Å². The third-order valence-electron chi connectivity index (χ3n) is 4.58. The maximum Gasteiger partial charge on any atom is 0.251 e. The van der Waals surface area contributed by atoms with Gasteiger partial charge in [0.1, 0.15) is 5.75 Å². The molecule has 0 saturated carbocycles. The van der Waals surface area contributed by atoms with Crippen LogP contribution in [0, 0.1) is 0 Å². The topological polar surface area (TPSA) is 79.5 Å². The lowest BCUT2D eigenvalue weighted by molar-refractivity contribution is -0.114. The molecule has 0 aliphatic carbocycles. The first-order chi connectivity index (χ1) is 15.1. The highest BCUT2D eigenvalue weighted by atomic mass is 16.5. The molecule has 160 valence electrons. The molecule has 3 rings (SSSR count). The van der Waals surface area contributed by atoms with E-state index < -0.39 is 0 Å². The van der Waals surface area contributed by atoms with E-state index >= 15 is 0 Å². The summed E-state index contributed by atoms with van der Waals surface area (Å²) < 4.78 is 5.76. The lowest BCUT2D eigenvalue weighted by Gasteiger charge is -2.10. The summed E-state index contributed by atoms with van der Waals surface area (Å²) in [7, 11) is 0. The molecule has 0 spiro atoms. The Labute approximate surface area is 182 Å². The monoisotopic (exact) mass is 417 g/mol. The maximum atomic E-state index is 12.2. The summed E-state index contributed by atoms with van der Waals surface area (Å²) in [4.78, 5) is 24.0. The highest BCUT2D eigenvalue weighted by Gasteiger charge is 2.06. The first kappa shape index (κ1) is 21.9. The second-order valence-corrected chi connectivity index (χ2v) is 6.95. The Morgan fingerprint density at radius 2 is 1.52 bits per heavy atom. The fraction of sp³-hybridized carbons (Fsp3) is 0.200. The van der Waals surface area contributed by atoms with Crippen LogP contribution in [-0.2, 0) is 11.2 Å². The minimum absolute atomic E-state index is 0.112. The smallest absolute Gasteiger partial charge is 0.251 e. The van der Waals surface area contributed by atoms with Gasteiger partial charge in [0, 0.05) is 29.9 Å². The number of carbonyl (C=O) groups excluding carboxylic acids is 2. The van der Waals surface area contributed by atoms with Gasteiger partial charge in [-0.05, 0) is 61.0 Å². The number of nitrogens with one attached hydrogen (secondary N) is 3. The summed E-state index contributed by atoms with van der Waals surface area (Å²) in [6, 6.07) is 24.5. The van der Waals surface area contributed by atoms with Crippen LogP contribution in [0.5, 0.6) is 5.75 Å². The van der Waals surface area contributed by atoms with Crippen LogP contribution >= 0.6 is 0 Å². The molecule has 0 saturated heterocycles. The van der Waals surface area contributed by atoms with E-state index in [2.05, 4.69) is 28.1 Å². The summed E-state index contributed by atoms with van der Waals surface area (Å²) in [6.45, 7) is 3.17. The summed E-state index contributed by atoms with van der Waals surface area (Å²) in [5.41, 5.74) is 3.29. The van der Waals surface area contributed by atoms with Crippen molar-refractivity contribution < 1.29 is 14.3 Å². The van der Waals surface area contributed by atoms with Crippen molar-refractivity contribution in [2.24, 2.45) is 0 Å². The van der Waals surface area contributed by atoms with E-state index in [9.17, 15) is 9.59 Å². The quantitative estimate of drug-likeness (QED) is 0.464. The highest BCUT2D eigenvalue weighted by Crippen LogP contribution is 2.16. The number of ether oxygens (including phenoxy) is 1. The Bertz CT molecular complexity index is 971. The second kappa shape index (κ2) is 11.4. The fourth-order valence-electron chi connectivity index (χ4n) is 2.96. The molecule has 0 unspecified atom stereocenters. The van der Waals surface area contributed by atoms with E-state index in [0.29, 0.717) is 24.4 Å². The molecule has 3 N–H and O–H groups in total. The van der Waals surface area contributed by atoms with Crippen molar-refractivity contribution in [3.8, 4) is 5.75 Å². The molecule has 0 heterocycles. The fourth-order valence-corrected chi connectivity index (χ4v) is 2.96. The molecular weight excluding hydrogens is 390 g/mol. The van der Waals surface area contributed by atoms with Crippen LogP contribution in [0.1, 0.15) is 22.8 Å². The SMILES string of the molecule is CCNC(=O)c1ccc(NCC(=O)Nc2ccc(OCCc3ccccc3)cc2)cc1. The summed E-state index contributed by atoms with van der Waals surface area (Å²) in [5, 5.41) is 8.64. The minimum atomic E-state index is -0.162. The largest absolute Gasteiger partial charge is 0.493 e. The van der Waals surface area contributed by atoms with Crippen LogP contribution in [0.15, 0.2) is 78.9 Å². The van der Waals surface area contributed by atoms with Crippen molar-refractivity contribution in [2.45, 2.75) is 13.3 Å². The molecule has 0 bridgehead atoms. The van der Waals surface area contributed by atoms with Crippen LogP contribution in [0.3, 0.4) is 0 Å². The van der Waals surface area contributed by atoms with Gasteiger partial charge in [0.15, 0.2) is 0 Å². The van der Waals surface area contributed by atoms with Crippen LogP contribution in [0.4, 0.5) is 11.4 Å². The number of hydrogen-bond donors (Lipinski definition) is 3. The van der Waals surface area contributed by atoms with Crippen LogP contribution < -0.4 is 20.7 Å². The summed E-state index contributed by atoms with van der Waals surface area (Å²) in [5.74, 6) is 0.490. The first-order valence-corrected chi connectivity index (χ1v) is 10.3. The van der Waals surface area contributed by atoms with Crippen LogP contribution in [-0.4, -0.2) is 31.5 Å². The van der Waals surface area contributed by atoms with Gasteiger partial charge < -0.3 is 20.7 Å². The van der Waals surface area contributed by atoms with Gasteiger partial charge >= 0.3 is 0 Å². The molecule has 0 fully saturated rings. The molecule has 2 amide bonds. The molecule has 3 aromatic carbocycles. The van der Waals surface area contributed by atoms with Gasteiger partial charge in [-0.15, -0.1) is 0 Å². The minimum Gasteiger partial charge on any atom is -0.493 e. The number of rotatable bonds is 10. The molecule has 6 nitrogen and oxygen atoms in total. The Hall–Kier alpha value is -3.80. The van der Waals surface area contributed by atoms with E-state index in [1.807, 2.05) is 49.4 Å². The molecule has 0 aromatic heterocycles. The average molecular weight is 418 g/mol. The van der Waals surface area contributed by atoms with Gasteiger partial charge in [-0.3, -0.25) is 9.59 Å². The number of benzene rings is 3. The molecular formula is C25H27N3O3. The van der Waals surface area contributed by atoms with Gasteiger partial charge in [0.2, 0.25) is 5.91 Å². The van der Waals surface area contributed by atoms with Crippen LogP contribution in [0.25, 0.3) is 0 Å². The van der Waals surface area contributed by atoms with Crippen molar-refractivity contribution in [1.29, 1.82) is 0 Å². The third-order valence-corrected chi connectivity index (χ3v) is 4.58. The highest BCUT2D eigenvalue weighted by molar-refractivity contribution is 5.95. The van der Waals surface area contributed by atoms with Gasteiger partial charge in [-0.25, -0.2) is 0 Å². The van der Waals surface area contributed by atoms with Gasteiger partial charge in [0.05, 0.1) is 13.2 Å². The molecule has 0 atom stereocenters. The van der Waals surface area contributed by atoms with Crippen LogP contribution in [0.2, 0.25) is 0 Å². The number of amides is 2. The molecule has 6 heteroatoms. The standard InChI is InChI=1S/C25H27N3O3/c1-2-26-25(30)20-8-10-21(11-9-20)27-18-24(29)28-22-12-14-23(15-13-22)31-17-16-19-6-4-3-5-7-19/h3-15,27H,2,16-18H2,1H3,(H,26,30)(H,28,29). The molecule has 3 aromatic rings. The van der Waals surface area contributed by atoms with Crippen molar-refractivity contribution in [3.63, 3.8) is 0 Å². The van der Waals surface area contributed by atoms with Crippen molar-refractivity contribution in [1.82, 2.24) is 5.32 Å². The maximum absolute atomic E-state index is 12.2. The zero-order valence-electron chi connectivity index (χ0n) is 17.6. The van der Waals surface area contributed by atoms with Crippen molar-refractivity contribution >= 4 is 23.2 Å². The lowest BCUT2D eigenvalue weighted by Crippen LogP contribution is -2.23. The van der Waals surface area contributed by atoms with E-state index in [4.69, 9.17) is 4.74 Å². The molecule has 0 aliphatic rings. The number of carbonyl (C=O) groups is 2. The number of hydrogen-bond acceptors (Lipinski definition) is 4. The van der Waals surface area contributed by atoms with Gasteiger partial charge in [-0.2, -0.15) is 0 Å². The van der Waals surface area contributed by atoms with E-state index in [1.165, 1.54) is 5.56 Å². The van der Waals surface area contributed by atoms with Crippen molar-refractivity contribution in [3.05, 3.63) is 90.0 Å². The van der Waals surface area contributed by atoms with Gasteiger partial charge in [-0.1, -0.05) is 30.3 Å². The molecule has 31 heavy (non-hydrogen) atoms. The Morgan fingerprint density at radius 1 is 0.839 bits per heavy atom. The average Bonchev–Trinajstić information content (AvgIpc) is 2.80.